The summed E-state index contributed by atoms with van der Waals surface area (Å²) in [6, 6.07) is 1.79. The first-order chi connectivity index (χ1) is 7.13. The molecule has 0 saturated carbocycles. The van der Waals surface area contributed by atoms with E-state index < -0.39 is 0 Å². The minimum absolute atomic E-state index is 0.00797. The number of hydrogen-bond acceptors (Lipinski definition) is 4. The first kappa shape index (κ1) is 12.9. The van der Waals surface area contributed by atoms with Crippen LogP contribution in [0.5, 0.6) is 0 Å². The summed E-state index contributed by atoms with van der Waals surface area (Å²) in [5, 5.41) is 5.36. The molecule has 1 amide bonds. The minimum atomic E-state index is 0.00797. The largest absolute Gasteiger partial charge is 0.351 e. The first-order valence-electron chi connectivity index (χ1n) is 4.72. The molecule has 1 rings (SSSR count). The third-order valence-electron chi connectivity index (χ3n) is 2.05. The van der Waals surface area contributed by atoms with Crippen LogP contribution in [0.15, 0.2) is 16.3 Å². The van der Waals surface area contributed by atoms with Gasteiger partial charge in [0.05, 0.1) is 4.88 Å². The number of thiophene rings is 1. The maximum atomic E-state index is 11.6. The third-order valence-corrected chi connectivity index (χ3v) is 4.45. The number of thioether (sulfide) groups is 1. The Bertz CT molecular complexity index is 324. The van der Waals surface area contributed by atoms with Crippen molar-refractivity contribution in [3.8, 4) is 0 Å². The third kappa shape index (κ3) is 4.49. The predicted octanol–water partition coefficient (Wildman–Crippen LogP) is 2.91. The quantitative estimate of drug-likeness (QED) is 0.798. The normalized spacial score (nSPS) is 12.5. The van der Waals surface area contributed by atoms with Crippen LogP contribution in [-0.4, -0.2) is 24.0 Å². The summed E-state index contributed by atoms with van der Waals surface area (Å²) in [5.41, 5.74) is 0. The fourth-order valence-electron chi connectivity index (χ4n) is 1.04. The van der Waals surface area contributed by atoms with Crippen molar-refractivity contribution >= 4 is 41.6 Å². The number of carbonyl (C=O) groups is 1. The van der Waals surface area contributed by atoms with E-state index in [4.69, 9.17) is 0 Å². The summed E-state index contributed by atoms with van der Waals surface area (Å²) >= 11 is 7.41. The SMILES string of the molecule is CSC(C)CCNC(=O)c1cc(S)cs1. The van der Waals surface area contributed by atoms with Crippen molar-refractivity contribution in [2.24, 2.45) is 0 Å². The van der Waals surface area contributed by atoms with Gasteiger partial charge in [0.2, 0.25) is 0 Å². The predicted molar refractivity (Wildman–Crippen MR) is 71.5 cm³/mol. The zero-order valence-corrected chi connectivity index (χ0v) is 11.3. The van der Waals surface area contributed by atoms with E-state index in [2.05, 4.69) is 31.1 Å². The van der Waals surface area contributed by atoms with E-state index in [1.165, 1.54) is 11.3 Å². The molecule has 0 saturated heterocycles. The van der Waals surface area contributed by atoms with Gasteiger partial charge in [-0.25, -0.2) is 0 Å². The van der Waals surface area contributed by atoms with Gasteiger partial charge in [-0.2, -0.15) is 11.8 Å². The molecular weight excluding hydrogens is 246 g/mol. The summed E-state index contributed by atoms with van der Waals surface area (Å²) in [5.74, 6) is 0.00797. The molecule has 1 atom stereocenters. The summed E-state index contributed by atoms with van der Waals surface area (Å²) < 4.78 is 0. The highest BCUT2D eigenvalue weighted by Gasteiger charge is 2.07. The number of hydrogen-bond donors (Lipinski definition) is 2. The van der Waals surface area contributed by atoms with Crippen LogP contribution < -0.4 is 5.32 Å². The van der Waals surface area contributed by atoms with Crippen LogP contribution in [0.2, 0.25) is 0 Å². The Balaban J connectivity index is 2.31. The molecule has 5 heteroatoms. The van der Waals surface area contributed by atoms with Crippen molar-refractivity contribution in [2.75, 3.05) is 12.8 Å². The number of carbonyl (C=O) groups excluding carboxylic acids is 1. The van der Waals surface area contributed by atoms with Gasteiger partial charge in [0.1, 0.15) is 0 Å². The molecule has 0 bridgehead atoms. The van der Waals surface area contributed by atoms with Crippen LogP contribution >= 0.6 is 35.7 Å². The molecule has 0 aliphatic rings. The number of thiol groups is 1. The van der Waals surface area contributed by atoms with E-state index in [1.54, 1.807) is 6.07 Å². The van der Waals surface area contributed by atoms with Gasteiger partial charge in [0.15, 0.2) is 0 Å². The zero-order valence-electron chi connectivity index (χ0n) is 8.82. The average molecular weight is 261 g/mol. The fourth-order valence-corrected chi connectivity index (χ4v) is 2.46. The van der Waals surface area contributed by atoms with E-state index in [9.17, 15) is 4.79 Å². The molecule has 1 aromatic heterocycles. The number of amides is 1. The standard InChI is InChI=1S/C10H15NOS3/c1-7(14-2)3-4-11-10(12)9-5-8(13)6-15-9/h5-7,13H,3-4H2,1-2H3,(H,11,12). The molecule has 15 heavy (non-hydrogen) atoms. The van der Waals surface area contributed by atoms with Gasteiger partial charge >= 0.3 is 0 Å². The summed E-state index contributed by atoms with van der Waals surface area (Å²) in [6.07, 6.45) is 3.09. The van der Waals surface area contributed by atoms with Gasteiger partial charge in [-0.05, 0) is 18.7 Å². The Morgan fingerprint density at radius 1 is 1.73 bits per heavy atom. The molecule has 1 heterocycles. The van der Waals surface area contributed by atoms with Gasteiger partial charge < -0.3 is 5.32 Å². The van der Waals surface area contributed by atoms with Crippen LogP contribution in [0, 0.1) is 0 Å². The molecule has 84 valence electrons. The van der Waals surface area contributed by atoms with E-state index in [-0.39, 0.29) is 5.91 Å². The topological polar surface area (TPSA) is 29.1 Å². The Labute approximate surface area is 104 Å². The Morgan fingerprint density at radius 2 is 2.47 bits per heavy atom. The first-order valence-corrected chi connectivity index (χ1v) is 7.33. The Morgan fingerprint density at radius 3 is 3.00 bits per heavy atom. The smallest absolute Gasteiger partial charge is 0.261 e. The molecule has 1 aromatic rings. The lowest BCUT2D eigenvalue weighted by atomic mass is 10.3. The summed E-state index contributed by atoms with van der Waals surface area (Å²) in [6.45, 7) is 2.90. The molecule has 0 aliphatic carbocycles. The van der Waals surface area contributed by atoms with Gasteiger partial charge in [-0.3, -0.25) is 4.79 Å². The lowest BCUT2D eigenvalue weighted by molar-refractivity contribution is 0.0957. The highest BCUT2D eigenvalue weighted by molar-refractivity contribution is 7.99. The fraction of sp³-hybridized carbons (Fsp3) is 0.500. The van der Waals surface area contributed by atoms with Crippen molar-refractivity contribution in [3.05, 3.63) is 16.3 Å². The molecule has 0 aliphatic heterocycles. The maximum Gasteiger partial charge on any atom is 0.261 e. The van der Waals surface area contributed by atoms with Crippen LogP contribution in [0.3, 0.4) is 0 Å². The van der Waals surface area contributed by atoms with E-state index >= 15 is 0 Å². The molecule has 0 radical (unpaired) electrons. The minimum Gasteiger partial charge on any atom is -0.351 e. The number of rotatable bonds is 5. The van der Waals surface area contributed by atoms with E-state index in [1.807, 2.05) is 17.1 Å². The molecule has 1 N–H and O–H groups in total. The molecular formula is C10H15NOS3. The lowest BCUT2D eigenvalue weighted by Gasteiger charge is -2.08. The highest BCUT2D eigenvalue weighted by Crippen LogP contribution is 2.17. The average Bonchev–Trinajstić information content (AvgIpc) is 2.64. The van der Waals surface area contributed by atoms with Crippen LogP contribution in [0.1, 0.15) is 23.0 Å². The molecule has 2 nitrogen and oxygen atoms in total. The van der Waals surface area contributed by atoms with Crippen molar-refractivity contribution in [3.63, 3.8) is 0 Å². The van der Waals surface area contributed by atoms with Gasteiger partial charge in [-0.15, -0.1) is 24.0 Å². The molecule has 0 aromatic carbocycles. The Hall–Kier alpha value is -0.130. The Kier molecular flexibility index (Phi) is 5.56. The van der Waals surface area contributed by atoms with Crippen LogP contribution in [0.25, 0.3) is 0 Å². The molecule has 1 unspecified atom stereocenters. The second kappa shape index (κ2) is 6.45. The van der Waals surface area contributed by atoms with Gasteiger partial charge in [0, 0.05) is 22.1 Å². The monoisotopic (exact) mass is 261 g/mol. The number of nitrogens with one attached hydrogen (secondary N) is 1. The zero-order chi connectivity index (χ0) is 11.3. The second-order valence-corrected chi connectivity index (χ2v) is 5.96. The van der Waals surface area contributed by atoms with Crippen LogP contribution in [0.4, 0.5) is 0 Å². The van der Waals surface area contributed by atoms with Crippen molar-refractivity contribution in [1.82, 2.24) is 5.32 Å². The van der Waals surface area contributed by atoms with Crippen molar-refractivity contribution in [1.29, 1.82) is 0 Å². The maximum absolute atomic E-state index is 11.6. The summed E-state index contributed by atoms with van der Waals surface area (Å²) in [4.78, 5) is 13.2. The van der Waals surface area contributed by atoms with Crippen molar-refractivity contribution < 1.29 is 4.79 Å². The molecule has 0 spiro atoms. The summed E-state index contributed by atoms with van der Waals surface area (Å²) in [7, 11) is 0. The molecule has 0 fully saturated rings. The highest BCUT2D eigenvalue weighted by atomic mass is 32.2. The van der Waals surface area contributed by atoms with Gasteiger partial charge in [0.25, 0.3) is 5.91 Å². The van der Waals surface area contributed by atoms with E-state index in [0.29, 0.717) is 5.25 Å². The lowest BCUT2D eigenvalue weighted by Crippen LogP contribution is -2.25. The van der Waals surface area contributed by atoms with E-state index in [0.717, 1.165) is 22.7 Å². The van der Waals surface area contributed by atoms with Crippen molar-refractivity contribution in [2.45, 2.75) is 23.5 Å². The second-order valence-electron chi connectivity index (χ2n) is 3.26. The van der Waals surface area contributed by atoms with Crippen LogP contribution in [-0.2, 0) is 0 Å². The van der Waals surface area contributed by atoms with Gasteiger partial charge in [-0.1, -0.05) is 6.92 Å².